The first kappa shape index (κ1) is 10.7. The average molecular weight is 254 g/mol. The molecule has 1 aromatic rings. The molecular weight excluding hydrogens is 246 g/mol. The van der Waals surface area contributed by atoms with Crippen LogP contribution in [-0.2, 0) is 4.74 Å². The fourth-order valence-corrected chi connectivity index (χ4v) is 1.50. The Bertz CT molecular complexity index is 421. The Hall–Kier alpha value is -1.34. The van der Waals surface area contributed by atoms with Gasteiger partial charge in [-0.15, -0.1) is 0 Å². The molecule has 0 radical (unpaired) electrons. The van der Waals surface area contributed by atoms with E-state index in [1.165, 1.54) is 13.2 Å². The smallest absolute Gasteiger partial charge is 0.336 e. The number of carbonyl (C=O) groups excluding carboxylic acids is 1. The monoisotopic (exact) mass is 253 g/mol. The lowest BCUT2D eigenvalue weighted by atomic mass is 10.1. The van der Waals surface area contributed by atoms with Crippen molar-refractivity contribution in [1.82, 2.24) is 0 Å². The van der Waals surface area contributed by atoms with Crippen LogP contribution in [0, 0.1) is 13.5 Å². The van der Waals surface area contributed by atoms with Gasteiger partial charge in [-0.25, -0.2) is 9.64 Å². The summed E-state index contributed by atoms with van der Waals surface area (Å²) in [5.74, 6) is -0.423. The summed E-state index contributed by atoms with van der Waals surface area (Å²) in [6, 6.07) is 3.20. The van der Waals surface area contributed by atoms with Gasteiger partial charge in [-0.05, 0) is 24.6 Å². The van der Waals surface area contributed by atoms with E-state index in [1.807, 2.05) is 0 Å². The van der Waals surface area contributed by atoms with Gasteiger partial charge >= 0.3 is 5.97 Å². The summed E-state index contributed by atoms with van der Waals surface area (Å²) in [4.78, 5) is 14.6. The molecular formula is C10H8BrNO2. The van der Waals surface area contributed by atoms with Crippen molar-refractivity contribution in [3.8, 4) is 0 Å². The highest BCUT2D eigenvalue weighted by Crippen LogP contribution is 2.27. The lowest BCUT2D eigenvalue weighted by Gasteiger charge is -2.06. The van der Waals surface area contributed by atoms with Crippen LogP contribution in [0.3, 0.4) is 0 Å². The molecule has 0 unspecified atom stereocenters. The van der Waals surface area contributed by atoms with Gasteiger partial charge in [-0.2, -0.15) is 0 Å². The fourth-order valence-electron chi connectivity index (χ4n) is 1.05. The van der Waals surface area contributed by atoms with Crippen LogP contribution < -0.4 is 0 Å². The Balaban J connectivity index is 3.36. The molecule has 0 amide bonds. The molecule has 3 nitrogen and oxygen atoms in total. The molecule has 72 valence electrons. The van der Waals surface area contributed by atoms with Crippen LogP contribution in [0.4, 0.5) is 5.69 Å². The van der Waals surface area contributed by atoms with Gasteiger partial charge in [-0.1, -0.05) is 15.9 Å². The van der Waals surface area contributed by atoms with Crippen LogP contribution in [0.2, 0.25) is 0 Å². The zero-order valence-electron chi connectivity index (χ0n) is 7.80. The van der Waals surface area contributed by atoms with Crippen molar-refractivity contribution in [2.24, 2.45) is 0 Å². The zero-order chi connectivity index (χ0) is 10.7. The highest BCUT2D eigenvalue weighted by atomic mass is 79.9. The van der Waals surface area contributed by atoms with E-state index in [0.29, 0.717) is 11.3 Å². The molecule has 0 aliphatic rings. The Morgan fingerprint density at radius 3 is 2.71 bits per heavy atom. The molecule has 1 rings (SSSR count). The van der Waals surface area contributed by atoms with Crippen LogP contribution in [0.5, 0.6) is 0 Å². The fraction of sp³-hybridized carbons (Fsp3) is 0.200. The number of carbonyl (C=O) groups is 1. The van der Waals surface area contributed by atoms with Gasteiger partial charge < -0.3 is 4.74 Å². The molecule has 0 heterocycles. The number of methoxy groups -OCH3 is 1. The number of ether oxygens (including phenoxy) is 1. The standard InChI is InChI=1S/C10H8BrNO2/c1-6-8(10(13)14-3)4-7(12-2)5-9(6)11/h4-5H,1,3H3. The molecule has 0 bridgehead atoms. The van der Waals surface area contributed by atoms with Crippen LogP contribution in [-0.4, -0.2) is 13.1 Å². The summed E-state index contributed by atoms with van der Waals surface area (Å²) in [6.07, 6.45) is 0. The van der Waals surface area contributed by atoms with E-state index in [2.05, 4.69) is 25.5 Å². The maximum absolute atomic E-state index is 11.3. The topological polar surface area (TPSA) is 30.7 Å². The van der Waals surface area contributed by atoms with Crippen molar-refractivity contribution in [1.29, 1.82) is 0 Å². The molecule has 0 aliphatic heterocycles. The normalized spacial score (nSPS) is 9.29. The second-order valence-electron chi connectivity index (χ2n) is 2.70. The predicted octanol–water partition coefficient (Wildman–Crippen LogP) is 3.09. The molecule has 0 saturated heterocycles. The van der Waals surface area contributed by atoms with Crippen LogP contribution >= 0.6 is 15.9 Å². The van der Waals surface area contributed by atoms with Crippen LogP contribution in [0.15, 0.2) is 16.6 Å². The Kier molecular flexibility index (Phi) is 3.26. The minimum atomic E-state index is -0.423. The lowest BCUT2D eigenvalue weighted by molar-refractivity contribution is 0.0600. The first-order valence-electron chi connectivity index (χ1n) is 3.86. The summed E-state index contributed by atoms with van der Waals surface area (Å²) in [5.41, 5.74) is 1.63. The quantitative estimate of drug-likeness (QED) is 0.569. The van der Waals surface area contributed by atoms with E-state index in [0.717, 1.165) is 10.0 Å². The van der Waals surface area contributed by atoms with Gasteiger partial charge in [0.15, 0.2) is 5.69 Å². The minimum Gasteiger partial charge on any atom is -0.465 e. The van der Waals surface area contributed by atoms with E-state index < -0.39 is 5.97 Å². The predicted molar refractivity (Wildman–Crippen MR) is 56.5 cm³/mol. The molecule has 0 aromatic heterocycles. The number of benzene rings is 1. The number of rotatable bonds is 1. The van der Waals surface area contributed by atoms with Crippen molar-refractivity contribution in [2.45, 2.75) is 6.92 Å². The van der Waals surface area contributed by atoms with Crippen molar-refractivity contribution >= 4 is 27.6 Å². The summed E-state index contributed by atoms with van der Waals surface area (Å²) in [5, 5.41) is 0. The van der Waals surface area contributed by atoms with E-state index in [9.17, 15) is 4.79 Å². The Morgan fingerprint density at radius 2 is 2.21 bits per heavy atom. The highest BCUT2D eigenvalue weighted by Gasteiger charge is 2.12. The number of esters is 1. The highest BCUT2D eigenvalue weighted by molar-refractivity contribution is 9.10. The van der Waals surface area contributed by atoms with Crippen molar-refractivity contribution in [3.05, 3.63) is 39.1 Å². The SMILES string of the molecule is [C-]#[N+]c1cc(Br)c(C)c(C(=O)OC)c1. The zero-order valence-corrected chi connectivity index (χ0v) is 9.38. The Morgan fingerprint density at radius 1 is 1.57 bits per heavy atom. The molecule has 1 aromatic carbocycles. The van der Waals surface area contributed by atoms with E-state index in [-0.39, 0.29) is 0 Å². The van der Waals surface area contributed by atoms with Gasteiger partial charge in [0.2, 0.25) is 0 Å². The number of hydrogen-bond acceptors (Lipinski definition) is 2. The van der Waals surface area contributed by atoms with Gasteiger partial charge in [0.05, 0.1) is 19.2 Å². The third-order valence-corrected chi connectivity index (χ3v) is 2.69. The molecule has 0 atom stereocenters. The third kappa shape index (κ3) is 1.94. The van der Waals surface area contributed by atoms with Gasteiger partial charge in [-0.3, -0.25) is 0 Å². The van der Waals surface area contributed by atoms with E-state index in [1.54, 1.807) is 13.0 Å². The van der Waals surface area contributed by atoms with E-state index >= 15 is 0 Å². The maximum Gasteiger partial charge on any atom is 0.336 e. The largest absolute Gasteiger partial charge is 0.465 e. The van der Waals surface area contributed by atoms with Crippen molar-refractivity contribution in [3.63, 3.8) is 0 Å². The molecule has 0 fully saturated rings. The first-order valence-corrected chi connectivity index (χ1v) is 4.65. The van der Waals surface area contributed by atoms with Gasteiger partial charge in [0.1, 0.15) is 0 Å². The molecule has 0 aliphatic carbocycles. The minimum absolute atomic E-state index is 0.419. The maximum atomic E-state index is 11.3. The average Bonchev–Trinajstić information content (AvgIpc) is 2.20. The summed E-state index contributed by atoms with van der Waals surface area (Å²) in [6.45, 7) is 8.65. The van der Waals surface area contributed by atoms with Crippen molar-refractivity contribution < 1.29 is 9.53 Å². The summed E-state index contributed by atoms with van der Waals surface area (Å²) < 4.78 is 5.35. The Labute approximate surface area is 90.6 Å². The number of nitrogens with zero attached hydrogens (tertiary/aromatic N) is 1. The second-order valence-corrected chi connectivity index (χ2v) is 3.56. The second kappa shape index (κ2) is 4.25. The summed E-state index contributed by atoms with van der Waals surface area (Å²) in [7, 11) is 1.32. The molecule has 0 saturated carbocycles. The molecule has 0 N–H and O–H groups in total. The number of halogens is 1. The first-order chi connectivity index (χ1) is 6.60. The third-order valence-electron chi connectivity index (χ3n) is 1.86. The number of hydrogen-bond donors (Lipinski definition) is 0. The molecule has 4 heteroatoms. The van der Waals surface area contributed by atoms with E-state index in [4.69, 9.17) is 6.57 Å². The summed E-state index contributed by atoms with van der Waals surface area (Å²) >= 11 is 3.28. The lowest BCUT2D eigenvalue weighted by Crippen LogP contribution is -2.03. The van der Waals surface area contributed by atoms with Crippen LogP contribution in [0.25, 0.3) is 4.85 Å². The molecule has 14 heavy (non-hydrogen) atoms. The van der Waals surface area contributed by atoms with Gasteiger partial charge in [0, 0.05) is 4.47 Å². The van der Waals surface area contributed by atoms with Gasteiger partial charge in [0.25, 0.3) is 0 Å². The van der Waals surface area contributed by atoms with Crippen LogP contribution in [0.1, 0.15) is 15.9 Å². The molecule has 0 spiro atoms. The van der Waals surface area contributed by atoms with Crippen molar-refractivity contribution in [2.75, 3.05) is 7.11 Å².